The third-order valence-corrected chi connectivity index (χ3v) is 5.87. The largest absolute Gasteiger partial charge is 0.341 e. The molecule has 3 nitrogen and oxygen atoms in total. The Morgan fingerprint density at radius 1 is 1.35 bits per heavy atom. The van der Waals surface area contributed by atoms with Crippen LogP contribution >= 0.6 is 27.3 Å². The molecule has 3 rings (SSSR count). The Bertz CT molecular complexity index is 865. The summed E-state index contributed by atoms with van der Waals surface area (Å²) in [5.74, 6) is 0.0652. The zero-order valence-corrected chi connectivity index (χ0v) is 15.9. The molecule has 2 aromatic heterocycles. The summed E-state index contributed by atoms with van der Waals surface area (Å²) in [5, 5.41) is 2.08. The number of amides is 1. The summed E-state index contributed by atoms with van der Waals surface area (Å²) in [6.07, 6.45) is 0. The van der Waals surface area contributed by atoms with Gasteiger partial charge in [-0.1, -0.05) is 29.8 Å². The molecule has 0 fully saturated rings. The van der Waals surface area contributed by atoms with Crippen LogP contribution in [0.3, 0.4) is 0 Å². The molecule has 0 aliphatic rings. The van der Waals surface area contributed by atoms with Gasteiger partial charge in [0.25, 0.3) is 5.91 Å². The number of carbonyl (C=O) groups excluding carboxylic acids is 1. The Kier molecular flexibility index (Phi) is 4.60. The van der Waals surface area contributed by atoms with Crippen LogP contribution < -0.4 is 0 Å². The molecule has 0 atom stereocenters. The van der Waals surface area contributed by atoms with Crippen molar-refractivity contribution >= 4 is 43.4 Å². The first kappa shape index (κ1) is 16.3. The molecule has 0 N–H and O–H groups in total. The summed E-state index contributed by atoms with van der Waals surface area (Å²) in [6, 6.07) is 10.4. The molecule has 0 spiro atoms. The molecule has 120 valence electrons. The fraction of sp³-hybridized carbons (Fsp3) is 0.278. The Balaban J connectivity index is 2.12. The molecule has 1 aromatic carbocycles. The quantitative estimate of drug-likeness (QED) is 0.620. The lowest BCUT2D eigenvalue weighted by atomic mass is 10.1. The van der Waals surface area contributed by atoms with E-state index in [0.29, 0.717) is 13.1 Å². The van der Waals surface area contributed by atoms with Crippen molar-refractivity contribution in [2.45, 2.75) is 20.4 Å². The number of halogens is 1. The minimum atomic E-state index is 0.0652. The Morgan fingerprint density at radius 3 is 2.83 bits per heavy atom. The second-order valence-electron chi connectivity index (χ2n) is 5.72. The second kappa shape index (κ2) is 6.49. The monoisotopic (exact) mass is 390 g/mol. The van der Waals surface area contributed by atoms with Crippen molar-refractivity contribution in [3.8, 4) is 0 Å². The van der Waals surface area contributed by atoms with Crippen LogP contribution in [0.1, 0.15) is 28.5 Å². The van der Waals surface area contributed by atoms with Crippen LogP contribution in [0.5, 0.6) is 0 Å². The summed E-state index contributed by atoms with van der Waals surface area (Å²) in [7, 11) is 1.84. The first-order valence-electron chi connectivity index (χ1n) is 7.58. The molecule has 0 bridgehead atoms. The molecular weight excluding hydrogens is 372 g/mol. The van der Waals surface area contributed by atoms with Crippen molar-refractivity contribution in [1.29, 1.82) is 0 Å². The van der Waals surface area contributed by atoms with E-state index < -0.39 is 0 Å². The van der Waals surface area contributed by atoms with E-state index in [9.17, 15) is 4.79 Å². The first-order chi connectivity index (χ1) is 11.0. The highest BCUT2D eigenvalue weighted by atomic mass is 79.9. The standard InChI is InChI=1S/C18H19BrN2OS/c1-4-20(3)18(22)15-9-16-17(14(19)11-23-16)21(15)10-13-7-5-6-12(2)8-13/h5-9,11H,4,10H2,1-3H3. The van der Waals surface area contributed by atoms with Crippen LogP contribution in [-0.2, 0) is 6.54 Å². The number of benzene rings is 1. The van der Waals surface area contributed by atoms with E-state index in [1.807, 2.05) is 20.0 Å². The lowest BCUT2D eigenvalue weighted by molar-refractivity contribution is 0.0793. The number of hydrogen-bond acceptors (Lipinski definition) is 2. The van der Waals surface area contributed by atoms with Crippen LogP contribution in [0.25, 0.3) is 10.2 Å². The van der Waals surface area contributed by atoms with E-state index in [4.69, 9.17) is 0 Å². The summed E-state index contributed by atoms with van der Waals surface area (Å²) in [4.78, 5) is 14.5. The molecule has 5 heteroatoms. The van der Waals surface area contributed by atoms with Crippen LogP contribution in [0.15, 0.2) is 40.2 Å². The Morgan fingerprint density at radius 2 is 2.13 bits per heavy atom. The highest BCUT2D eigenvalue weighted by Gasteiger charge is 2.20. The summed E-state index contributed by atoms with van der Waals surface area (Å²) >= 11 is 5.29. The Labute approximate surface area is 148 Å². The molecule has 1 amide bonds. The molecule has 0 saturated carbocycles. The number of rotatable bonds is 4. The molecule has 0 radical (unpaired) electrons. The van der Waals surface area contributed by atoms with Crippen LogP contribution in [0.2, 0.25) is 0 Å². The predicted octanol–water partition coefficient (Wildman–Crippen LogP) is 4.91. The maximum absolute atomic E-state index is 12.7. The van der Waals surface area contributed by atoms with Gasteiger partial charge >= 0.3 is 0 Å². The van der Waals surface area contributed by atoms with Gasteiger partial charge in [-0.2, -0.15) is 0 Å². The number of aromatic nitrogens is 1. The van der Waals surface area contributed by atoms with Gasteiger partial charge in [-0.05, 0) is 41.4 Å². The van der Waals surface area contributed by atoms with Crippen molar-refractivity contribution in [1.82, 2.24) is 9.47 Å². The third-order valence-electron chi connectivity index (χ3n) is 4.04. The normalized spacial score (nSPS) is 11.1. The summed E-state index contributed by atoms with van der Waals surface area (Å²) < 4.78 is 4.31. The summed E-state index contributed by atoms with van der Waals surface area (Å²) in [5.41, 5.74) is 4.28. The zero-order chi connectivity index (χ0) is 16.6. The van der Waals surface area contributed by atoms with Gasteiger partial charge in [0.2, 0.25) is 0 Å². The lowest BCUT2D eigenvalue weighted by Crippen LogP contribution is -2.28. The van der Waals surface area contributed by atoms with E-state index in [1.165, 1.54) is 11.1 Å². The highest BCUT2D eigenvalue weighted by molar-refractivity contribution is 9.10. The fourth-order valence-electron chi connectivity index (χ4n) is 2.71. The second-order valence-corrected chi connectivity index (χ2v) is 7.49. The number of carbonyl (C=O) groups is 1. The van der Waals surface area contributed by atoms with Crippen LogP contribution in [0, 0.1) is 6.92 Å². The average molecular weight is 391 g/mol. The SMILES string of the molecule is CCN(C)C(=O)c1cc2scc(Br)c2n1Cc1cccc(C)c1. The number of nitrogens with zero attached hydrogens (tertiary/aromatic N) is 2. The van der Waals surface area contributed by atoms with Gasteiger partial charge < -0.3 is 9.47 Å². The van der Waals surface area contributed by atoms with Crippen molar-refractivity contribution in [3.63, 3.8) is 0 Å². The van der Waals surface area contributed by atoms with Crippen molar-refractivity contribution in [3.05, 3.63) is 57.0 Å². The van der Waals surface area contributed by atoms with Crippen molar-refractivity contribution in [2.75, 3.05) is 13.6 Å². The fourth-order valence-corrected chi connectivity index (χ4v) is 4.40. The number of thiophene rings is 1. The maximum atomic E-state index is 12.7. The molecule has 0 aliphatic heterocycles. The number of fused-ring (bicyclic) bond motifs is 1. The third kappa shape index (κ3) is 3.08. The molecule has 3 aromatic rings. The Hall–Kier alpha value is -1.59. The van der Waals surface area contributed by atoms with Crippen molar-refractivity contribution < 1.29 is 4.79 Å². The summed E-state index contributed by atoms with van der Waals surface area (Å²) in [6.45, 7) is 5.47. The average Bonchev–Trinajstić information content (AvgIpc) is 3.07. The van der Waals surface area contributed by atoms with Crippen LogP contribution in [-0.4, -0.2) is 29.0 Å². The van der Waals surface area contributed by atoms with E-state index in [-0.39, 0.29) is 5.91 Å². The van der Waals surface area contributed by atoms with Gasteiger partial charge in [0.1, 0.15) is 5.69 Å². The minimum absolute atomic E-state index is 0.0652. The molecule has 0 aliphatic carbocycles. The van der Waals surface area contributed by atoms with E-state index in [2.05, 4.69) is 57.1 Å². The number of hydrogen-bond donors (Lipinski definition) is 0. The van der Waals surface area contributed by atoms with Gasteiger partial charge in [0.15, 0.2) is 0 Å². The molecule has 23 heavy (non-hydrogen) atoms. The molecule has 0 unspecified atom stereocenters. The van der Waals surface area contributed by atoms with Crippen LogP contribution in [0.4, 0.5) is 0 Å². The topological polar surface area (TPSA) is 25.2 Å². The molecule has 2 heterocycles. The molecule has 0 saturated heterocycles. The smallest absolute Gasteiger partial charge is 0.270 e. The number of aryl methyl sites for hydroxylation is 1. The maximum Gasteiger partial charge on any atom is 0.270 e. The lowest BCUT2D eigenvalue weighted by Gasteiger charge is -2.17. The van der Waals surface area contributed by atoms with E-state index in [0.717, 1.165) is 20.4 Å². The van der Waals surface area contributed by atoms with Crippen molar-refractivity contribution in [2.24, 2.45) is 0 Å². The highest BCUT2D eigenvalue weighted by Crippen LogP contribution is 2.34. The van der Waals surface area contributed by atoms with E-state index in [1.54, 1.807) is 16.2 Å². The van der Waals surface area contributed by atoms with E-state index >= 15 is 0 Å². The van der Waals surface area contributed by atoms with Gasteiger partial charge in [-0.3, -0.25) is 4.79 Å². The zero-order valence-electron chi connectivity index (χ0n) is 13.5. The predicted molar refractivity (Wildman–Crippen MR) is 100 cm³/mol. The van der Waals surface area contributed by atoms with Gasteiger partial charge in [-0.15, -0.1) is 11.3 Å². The minimum Gasteiger partial charge on any atom is -0.341 e. The van der Waals surface area contributed by atoms with Gasteiger partial charge in [-0.25, -0.2) is 0 Å². The molecular formula is C18H19BrN2OS. The van der Waals surface area contributed by atoms with Gasteiger partial charge in [0.05, 0.1) is 14.7 Å². The first-order valence-corrected chi connectivity index (χ1v) is 9.25. The van der Waals surface area contributed by atoms with Gasteiger partial charge in [0, 0.05) is 25.5 Å².